The summed E-state index contributed by atoms with van der Waals surface area (Å²) in [4.78, 5) is 13.9. The summed E-state index contributed by atoms with van der Waals surface area (Å²) >= 11 is 3.22. The molecule has 8 heteroatoms. The summed E-state index contributed by atoms with van der Waals surface area (Å²) in [5, 5.41) is 2.77. The Bertz CT molecular complexity index is 896. The van der Waals surface area contributed by atoms with Crippen molar-refractivity contribution in [2.24, 2.45) is 0 Å². The zero-order valence-electron chi connectivity index (χ0n) is 14.3. The van der Waals surface area contributed by atoms with Crippen LogP contribution < -0.4 is 10.0 Å². The quantitative estimate of drug-likeness (QED) is 0.717. The Morgan fingerprint density at radius 2 is 1.96 bits per heavy atom. The number of rotatable bonds is 6. The average Bonchev–Trinajstić information content (AvgIpc) is 2.82. The predicted molar refractivity (Wildman–Crippen MR) is 108 cm³/mol. The Morgan fingerprint density at radius 3 is 2.69 bits per heavy atom. The SMILES string of the molecule is CSc1ccc(CCNS(=O)(=O)c2ccc3c(c2)NC(=O)CCS3)cc1. The minimum Gasteiger partial charge on any atom is -0.325 e. The second-order valence-electron chi connectivity index (χ2n) is 5.80. The van der Waals surface area contributed by atoms with Gasteiger partial charge >= 0.3 is 0 Å². The van der Waals surface area contributed by atoms with E-state index in [4.69, 9.17) is 0 Å². The number of thioether (sulfide) groups is 2. The highest BCUT2D eigenvalue weighted by atomic mass is 32.2. The van der Waals surface area contributed by atoms with Gasteiger partial charge in [0.05, 0.1) is 10.6 Å². The summed E-state index contributed by atoms with van der Waals surface area (Å²) in [6, 6.07) is 12.9. The van der Waals surface area contributed by atoms with E-state index < -0.39 is 10.0 Å². The van der Waals surface area contributed by atoms with Gasteiger partial charge in [0.1, 0.15) is 0 Å². The molecule has 1 heterocycles. The third-order valence-corrected chi connectivity index (χ3v) is 7.26. The predicted octanol–water partition coefficient (Wildman–Crippen LogP) is 3.36. The Kier molecular flexibility index (Phi) is 6.29. The molecular weight excluding hydrogens is 388 g/mol. The van der Waals surface area contributed by atoms with Crippen molar-refractivity contribution in [3.8, 4) is 0 Å². The molecule has 0 bridgehead atoms. The first-order chi connectivity index (χ1) is 12.5. The van der Waals surface area contributed by atoms with E-state index in [9.17, 15) is 13.2 Å². The molecule has 0 fully saturated rings. The van der Waals surface area contributed by atoms with Gasteiger partial charge in [0, 0.05) is 28.5 Å². The first-order valence-corrected chi connectivity index (χ1v) is 11.9. The van der Waals surface area contributed by atoms with E-state index in [1.807, 2.05) is 30.5 Å². The Morgan fingerprint density at radius 1 is 1.19 bits per heavy atom. The molecule has 0 radical (unpaired) electrons. The van der Waals surface area contributed by atoms with E-state index in [0.29, 0.717) is 30.8 Å². The van der Waals surface area contributed by atoms with Crippen molar-refractivity contribution in [1.82, 2.24) is 4.72 Å². The molecule has 5 nitrogen and oxygen atoms in total. The summed E-state index contributed by atoms with van der Waals surface area (Å²) in [6.45, 7) is 0.319. The number of carbonyl (C=O) groups is 1. The summed E-state index contributed by atoms with van der Waals surface area (Å²) in [6.07, 6.45) is 3.06. The lowest BCUT2D eigenvalue weighted by atomic mass is 10.2. The number of amides is 1. The van der Waals surface area contributed by atoms with E-state index in [-0.39, 0.29) is 10.8 Å². The van der Waals surface area contributed by atoms with Gasteiger partial charge in [-0.1, -0.05) is 12.1 Å². The molecule has 0 saturated carbocycles. The van der Waals surface area contributed by atoms with Gasteiger partial charge in [-0.25, -0.2) is 13.1 Å². The molecule has 0 aliphatic carbocycles. The molecule has 0 unspecified atom stereocenters. The van der Waals surface area contributed by atoms with Crippen molar-refractivity contribution in [2.75, 3.05) is 23.9 Å². The van der Waals surface area contributed by atoms with E-state index >= 15 is 0 Å². The molecule has 2 aromatic rings. The van der Waals surface area contributed by atoms with Crippen LogP contribution in [0.25, 0.3) is 0 Å². The molecule has 0 aromatic heterocycles. The highest BCUT2D eigenvalue weighted by Crippen LogP contribution is 2.32. The topological polar surface area (TPSA) is 75.3 Å². The summed E-state index contributed by atoms with van der Waals surface area (Å²) in [7, 11) is -3.62. The van der Waals surface area contributed by atoms with Crippen LogP contribution in [0.1, 0.15) is 12.0 Å². The Hall–Kier alpha value is -1.48. The van der Waals surface area contributed by atoms with Gasteiger partial charge in [-0.3, -0.25) is 4.79 Å². The van der Waals surface area contributed by atoms with Crippen LogP contribution in [0.5, 0.6) is 0 Å². The first-order valence-electron chi connectivity index (χ1n) is 8.17. The maximum Gasteiger partial charge on any atom is 0.240 e. The summed E-state index contributed by atoms with van der Waals surface area (Å²) < 4.78 is 27.7. The van der Waals surface area contributed by atoms with Gasteiger partial charge in [-0.15, -0.1) is 23.5 Å². The van der Waals surface area contributed by atoms with Crippen LogP contribution in [-0.4, -0.2) is 32.9 Å². The Balaban J connectivity index is 1.67. The highest BCUT2D eigenvalue weighted by molar-refractivity contribution is 7.99. The standard InChI is InChI=1S/C18H20N2O3S3/c1-24-14-4-2-13(3-5-14)8-10-19-26(22,23)15-6-7-17-16(12-15)20-18(21)9-11-25-17/h2-7,12,19H,8-11H2,1H3,(H,20,21). The number of sulfonamides is 1. The van der Waals surface area contributed by atoms with Crippen molar-refractivity contribution in [1.29, 1.82) is 0 Å². The minimum absolute atomic E-state index is 0.0903. The van der Waals surface area contributed by atoms with Crippen LogP contribution in [0.15, 0.2) is 57.2 Å². The normalized spacial score (nSPS) is 14.4. The number of fused-ring (bicyclic) bond motifs is 1. The minimum atomic E-state index is -3.62. The number of nitrogens with one attached hydrogen (secondary N) is 2. The fourth-order valence-corrected chi connectivity index (χ4v) is 4.97. The molecule has 2 aromatic carbocycles. The number of benzene rings is 2. The van der Waals surface area contributed by atoms with Gasteiger partial charge < -0.3 is 5.32 Å². The molecule has 26 heavy (non-hydrogen) atoms. The molecule has 3 rings (SSSR count). The van der Waals surface area contributed by atoms with Gasteiger partial charge in [0.15, 0.2) is 0 Å². The molecule has 138 valence electrons. The van der Waals surface area contributed by atoms with E-state index in [1.165, 1.54) is 11.0 Å². The zero-order chi connectivity index (χ0) is 18.6. The third kappa shape index (κ3) is 4.82. The number of hydrogen-bond donors (Lipinski definition) is 2. The third-order valence-electron chi connectivity index (χ3n) is 3.99. The fourth-order valence-electron chi connectivity index (χ4n) is 2.57. The van der Waals surface area contributed by atoms with Gasteiger partial charge in [-0.05, 0) is 48.6 Å². The lowest BCUT2D eigenvalue weighted by Gasteiger charge is -2.11. The molecule has 1 aliphatic rings. The van der Waals surface area contributed by atoms with Crippen molar-refractivity contribution >= 4 is 45.1 Å². The van der Waals surface area contributed by atoms with Crippen molar-refractivity contribution in [3.63, 3.8) is 0 Å². The molecule has 0 spiro atoms. The first kappa shape index (κ1) is 19.3. The monoisotopic (exact) mass is 408 g/mol. The Labute approximate surface area is 162 Å². The van der Waals surface area contributed by atoms with Crippen molar-refractivity contribution in [2.45, 2.75) is 27.5 Å². The maximum absolute atomic E-state index is 12.5. The van der Waals surface area contributed by atoms with Crippen LogP contribution in [-0.2, 0) is 21.2 Å². The molecule has 1 amide bonds. The number of anilines is 1. The van der Waals surface area contributed by atoms with Gasteiger partial charge in [0.25, 0.3) is 0 Å². The van der Waals surface area contributed by atoms with Crippen LogP contribution in [0.3, 0.4) is 0 Å². The largest absolute Gasteiger partial charge is 0.325 e. The van der Waals surface area contributed by atoms with Crippen LogP contribution in [0.2, 0.25) is 0 Å². The molecule has 0 atom stereocenters. The summed E-state index contributed by atoms with van der Waals surface area (Å²) in [5.74, 6) is 0.603. The lowest BCUT2D eigenvalue weighted by molar-refractivity contribution is -0.115. The lowest BCUT2D eigenvalue weighted by Crippen LogP contribution is -2.26. The second-order valence-corrected chi connectivity index (χ2v) is 9.58. The van der Waals surface area contributed by atoms with E-state index in [1.54, 1.807) is 35.7 Å². The molecule has 1 aliphatic heterocycles. The molecular formula is C18H20N2O3S3. The van der Waals surface area contributed by atoms with Gasteiger partial charge in [0.2, 0.25) is 15.9 Å². The molecule has 0 saturated heterocycles. The van der Waals surface area contributed by atoms with Crippen molar-refractivity contribution < 1.29 is 13.2 Å². The van der Waals surface area contributed by atoms with Crippen molar-refractivity contribution in [3.05, 3.63) is 48.0 Å². The summed E-state index contributed by atoms with van der Waals surface area (Å²) in [5.41, 5.74) is 1.64. The van der Waals surface area contributed by atoms with Crippen LogP contribution in [0, 0.1) is 0 Å². The zero-order valence-corrected chi connectivity index (χ0v) is 16.8. The maximum atomic E-state index is 12.5. The number of hydrogen-bond acceptors (Lipinski definition) is 5. The average molecular weight is 409 g/mol. The smallest absolute Gasteiger partial charge is 0.240 e. The number of carbonyl (C=O) groups excluding carboxylic acids is 1. The van der Waals surface area contributed by atoms with E-state index in [2.05, 4.69) is 10.0 Å². The van der Waals surface area contributed by atoms with Gasteiger partial charge in [-0.2, -0.15) is 0 Å². The van der Waals surface area contributed by atoms with Crippen LogP contribution >= 0.6 is 23.5 Å². The highest BCUT2D eigenvalue weighted by Gasteiger charge is 2.19. The van der Waals surface area contributed by atoms with E-state index in [0.717, 1.165) is 10.5 Å². The van der Waals surface area contributed by atoms with Crippen LogP contribution in [0.4, 0.5) is 5.69 Å². The molecule has 2 N–H and O–H groups in total. The second kappa shape index (κ2) is 8.47. The fraction of sp³-hybridized carbons (Fsp3) is 0.278.